The molecule has 0 bridgehead atoms. The van der Waals surface area contributed by atoms with Gasteiger partial charge in [-0.1, -0.05) is 0 Å². The summed E-state index contributed by atoms with van der Waals surface area (Å²) >= 11 is 0. The van der Waals surface area contributed by atoms with Gasteiger partial charge in [-0.15, -0.1) is 0 Å². The first kappa shape index (κ1) is 15.9. The Balaban J connectivity index is 1.91. The normalized spacial score (nSPS) is 23.2. The molecule has 1 heterocycles. The predicted molar refractivity (Wildman–Crippen MR) is 73.0 cm³/mol. The second-order valence-corrected chi connectivity index (χ2v) is 5.56. The lowest BCUT2D eigenvalue weighted by Gasteiger charge is -2.36. The Morgan fingerprint density at radius 2 is 2.06 bits per heavy atom. The number of unbranched alkanes of at least 4 members (excludes halogenated alkanes) is 1. The number of methoxy groups -OCH3 is 1. The largest absolute Gasteiger partial charge is 0.382 e. The monoisotopic (exact) mass is 259 g/mol. The molecule has 1 unspecified atom stereocenters. The number of hydrogen-bond donors (Lipinski definition) is 1. The molecule has 18 heavy (non-hydrogen) atoms. The maximum Gasteiger partial charge on any atom is 0.0700 e. The molecule has 1 saturated heterocycles. The second kappa shape index (κ2) is 8.86. The van der Waals surface area contributed by atoms with E-state index in [9.17, 15) is 0 Å². The third kappa shape index (κ3) is 7.31. The van der Waals surface area contributed by atoms with E-state index in [0.717, 1.165) is 39.0 Å². The van der Waals surface area contributed by atoms with Crippen LogP contribution in [0.1, 0.15) is 39.5 Å². The van der Waals surface area contributed by atoms with E-state index in [1.165, 1.54) is 6.42 Å². The minimum absolute atomic E-state index is 0.0409. The molecule has 0 saturated carbocycles. The lowest BCUT2D eigenvalue weighted by atomic mass is 9.94. The van der Waals surface area contributed by atoms with Crippen LogP contribution in [0.25, 0.3) is 0 Å². The van der Waals surface area contributed by atoms with Gasteiger partial charge in [-0.2, -0.15) is 0 Å². The van der Waals surface area contributed by atoms with E-state index in [1.807, 2.05) is 0 Å². The molecule has 0 aliphatic carbocycles. The quantitative estimate of drug-likeness (QED) is 0.643. The van der Waals surface area contributed by atoms with Gasteiger partial charge < -0.3 is 19.5 Å². The lowest BCUT2D eigenvalue weighted by Crippen LogP contribution is -2.43. The summed E-state index contributed by atoms with van der Waals surface area (Å²) in [7, 11) is 1.70. The topological polar surface area (TPSA) is 39.7 Å². The van der Waals surface area contributed by atoms with Gasteiger partial charge in [0.2, 0.25) is 0 Å². The van der Waals surface area contributed by atoms with Crippen LogP contribution in [0.15, 0.2) is 0 Å². The molecule has 1 aliphatic rings. The van der Waals surface area contributed by atoms with Gasteiger partial charge in [0.15, 0.2) is 0 Å². The maximum absolute atomic E-state index is 5.71. The summed E-state index contributed by atoms with van der Waals surface area (Å²) in [4.78, 5) is 0. The average molecular weight is 259 g/mol. The van der Waals surface area contributed by atoms with E-state index in [0.29, 0.717) is 19.3 Å². The van der Waals surface area contributed by atoms with E-state index in [2.05, 4.69) is 19.2 Å². The first-order valence-electron chi connectivity index (χ1n) is 7.08. The molecular weight excluding hydrogens is 230 g/mol. The van der Waals surface area contributed by atoms with Gasteiger partial charge in [0.25, 0.3) is 0 Å². The molecular formula is C14H29NO3. The van der Waals surface area contributed by atoms with E-state index in [4.69, 9.17) is 14.2 Å². The second-order valence-electron chi connectivity index (χ2n) is 5.56. The molecule has 1 rings (SSSR count). The highest BCUT2D eigenvalue weighted by molar-refractivity contribution is 4.82. The van der Waals surface area contributed by atoms with Crippen molar-refractivity contribution in [2.75, 3.05) is 40.1 Å². The van der Waals surface area contributed by atoms with E-state index >= 15 is 0 Å². The van der Waals surface area contributed by atoms with Crippen LogP contribution in [0.3, 0.4) is 0 Å². The summed E-state index contributed by atoms with van der Waals surface area (Å²) in [6, 6.07) is 0.614. The predicted octanol–water partition coefficient (Wildman–Crippen LogP) is 1.98. The van der Waals surface area contributed by atoms with E-state index < -0.39 is 0 Å². The molecule has 1 atom stereocenters. The summed E-state index contributed by atoms with van der Waals surface area (Å²) in [5.74, 6) is 0. The van der Waals surface area contributed by atoms with Crippen LogP contribution >= 0.6 is 0 Å². The molecule has 4 heteroatoms. The summed E-state index contributed by atoms with van der Waals surface area (Å²) in [6.07, 6.45) is 4.53. The summed E-state index contributed by atoms with van der Waals surface area (Å²) in [5.41, 5.74) is 0.0409. The molecule has 0 radical (unpaired) electrons. The van der Waals surface area contributed by atoms with Crippen molar-refractivity contribution in [3.05, 3.63) is 0 Å². The summed E-state index contributed by atoms with van der Waals surface area (Å²) < 4.78 is 16.1. The zero-order chi connectivity index (χ0) is 13.3. The Morgan fingerprint density at radius 1 is 1.22 bits per heavy atom. The Bertz CT molecular complexity index is 209. The highest BCUT2D eigenvalue weighted by Crippen LogP contribution is 2.23. The van der Waals surface area contributed by atoms with Crippen LogP contribution in [0.5, 0.6) is 0 Å². The van der Waals surface area contributed by atoms with Crippen LogP contribution < -0.4 is 5.32 Å². The Kier molecular flexibility index (Phi) is 7.82. The smallest absolute Gasteiger partial charge is 0.0700 e. The van der Waals surface area contributed by atoms with Crippen LogP contribution in [0.4, 0.5) is 0 Å². The third-order valence-corrected chi connectivity index (χ3v) is 3.28. The number of rotatable bonds is 9. The van der Waals surface area contributed by atoms with Crippen LogP contribution in [0.2, 0.25) is 0 Å². The molecule has 4 nitrogen and oxygen atoms in total. The zero-order valence-corrected chi connectivity index (χ0v) is 12.2. The molecule has 0 aromatic rings. The SMILES string of the molecule is COCCOCCCCNC1CCOC(C)(C)C1. The van der Waals surface area contributed by atoms with Gasteiger partial charge in [0, 0.05) is 26.4 Å². The lowest BCUT2D eigenvalue weighted by molar-refractivity contribution is -0.0628. The fourth-order valence-corrected chi connectivity index (χ4v) is 2.29. The van der Waals surface area contributed by atoms with Gasteiger partial charge in [0.05, 0.1) is 18.8 Å². The van der Waals surface area contributed by atoms with Gasteiger partial charge in [-0.25, -0.2) is 0 Å². The molecule has 1 aliphatic heterocycles. The average Bonchev–Trinajstić information content (AvgIpc) is 2.31. The van der Waals surface area contributed by atoms with Crippen molar-refractivity contribution in [3.63, 3.8) is 0 Å². The number of hydrogen-bond acceptors (Lipinski definition) is 4. The van der Waals surface area contributed by atoms with E-state index in [1.54, 1.807) is 7.11 Å². The van der Waals surface area contributed by atoms with Crippen molar-refractivity contribution < 1.29 is 14.2 Å². The van der Waals surface area contributed by atoms with Crippen LogP contribution in [0, 0.1) is 0 Å². The van der Waals surface area contributed by atoms with Gasteiger partial charge in [-0.05, 0) is 46.1 Å². The molecule has 0 aromatic carbocycles. The van der Waals surface area contributed by atoms with E-state index in [-0.39, 0.29) is 5.60 Å². The third-order valence-electron chi connectivity index (χ3n) is 3.28. The van der Waals surface area contributed by atoms with Crippen molar-refractivity contribution in [1.29, 1.82) is 0 Å². The Morgan fingerprint density at radius 3 is 2.78 bits per heavy atom. The Labute approximate surface area is 111 Å². The van der Waals surface area contributed by atoms with Crippen molar-refractivity contribution in [1.82, 2.24) is 5.32 Å². The van der Waals surface area contributed by atoms with Crippen LogP contribution in [-0.4, -0.2) is 51.7 Å². The molecule has 1 fully saturated rings. The maximum atomic E-state index is 5.71. The number of ether oxygens (including phenoxy) is 3. The van der Waals surface area contributed by atoms with Gasteiger partial charge >= 0.3 is 0 Å². The summed E-state index contributed by atoms with van der Waals surface area (Å²) in [5, 5.41) is 3.62. The van der Waals surface area contributed by atoms with Crippen LogP contribution in [-0.2, 0) is 14.2 Å². The molecule has 1 N–H and O–H groups in total. The Hall–Kier alpha value is -0.160. The molecule has 108 valence electrons. The molecule has 0 spiro atoms. The van der Waals surface area contributed by atoms with Gasteiger partial charge in [0.1, 0.15) is 0 Å². The zero-order valence-electron chi connectivity index (χ0n) is 12.2. The first-order valence-corrected chi connectivity index (χ1v) is 7.08. The highest BCUT2D eigenvalue weighted by Gasteiger charge is 2.28. The minimum Gasteiger partial charge on any atom is -0.382 e. The fraction of sp³-hybridized carbons (Fsp3) is 1.00. The molecule has 0 aromatic heterocycles. The van der Waals surface area contributed by atoms with Crippen molar-refractivity contribution in [2.24, 2.45) is 0 Å². The highest BCUT2D eigenvalue weighted by atomic mass is 16.5. The first-order chi connectivity index (χ1) is 8.64. The van der Waals surface area contributed by atoms with Gasteiger partial charge in [-0.3, -0.25) is 0 Å². The van der Waals surface area contributed by atoms with Crippen molar-refractivity contribution in [2.45, 2.75) is 51.2 Å². The summed E-state index contributed by atoms with van der Waals surface area (Å²) in [6.45, 7) is 8.53. The minimum atomic E-state index is 0.0409. The van der Waals surface area contributed by atoms with Crippen molar-refractivity contribution >= 4 is 0 Å². The number of nitrogens with one attached hydrogen (secondary N) is 1. The van der Waals surface area contributed by atoms with Crippen molar-refractivity contribution in [3.8, 4) is 0 Å². The standard InChI is InChI=1S/C14H29NO3/c1-14(2)12-13(6-9-18-14)15-7-4-5-8-17-11-10-16-3/h13,15H,4-12H2,1-3H3. The fourth-order valence-electron chi connectivity index (χ4n) is 2.29. The molecule has 0 amide bonds.